The fourth-order valence-electron chi connectivity index (χ4n) is 4.37. The Bertz CT molecular complexity index is 1180. The van der Waals surface area contributed by atoms with Crippen molar-refractivity contribution in [1.82, 2.24) is 14.5 Å². The van der Waals surface area contributed by atoms with Crippen molar-refractivity contribution in [2.75, 3.05) is 7.05 Å². The molecule has 0 spiro atoms. The van der Waals surface area contributed by atoms with Gasteiger partial charge in [-0.25, -0.2) is 4.98 Å². The molecule has 5 rings (SSSR count). The lowest BCUT2D eigenvalue weighted by Crippen LogP contribution is -2.30. The van der Waals surface area contributed by atoms with Gasteiger partial charge in [0.05, 0.1) is 23.1 Å². The topological polar surface area (TPSA) is 47.4 Å². The van der Waals surface area contributed by atoms with E-state index in [1.807, 2.05) is 22.8 Å². The molecule has 7 heteroatoms. The maximum absolute atomic E-state index is 13.0. The summed E-state index contributed by atoms with van der Waals surface area (Å²) in [6.07, 6.45) is 6.09. The quantitative estimate of drug-likeness (QED) is 0.638. The molecule has 28 heavy (non-hydrogen) atoms. The predicted octanol–water partition coefficient (Wildman–Crippen LogP) is 3.74. The number of amides is 1. The molecule has 2 atom stereocenters. The number of nitrogens with zero attached hydrogens (tertiary/aromatic N) is 3. The van der Waals surface area contributed by atoms with Gasteiger partial charge in [-0.1, -0.05) is 12.0 Å². The van der Waals surface area contributed by atoms with Gasteiger partial charge < -0.3 is 14.2 Å². The van der Waals surface area contributed by atoms with Crippen molar-refractivity contribution in [1.29, 1.82) is 0 Å². The Labute approximate surface area is 159 Å². The summed E-state index contributed by atoms with van der Waals surface area (Å²) in [5.74, 6) is 3.12. The van der Waals surface area contributed by atoms with Crippen LogP contribution in [0.4, 0.5) is 8.78 Å². The van der Waals surface area contributed by atoms with Crippen molar-refractivity contribution in [2.45, 2.75) is 25.1 Å². The van der Waals surface area contributed by atoms with Crippen LogP contribution in [-0.4, -0.2) is 34.0 Å². The highest BCUT2D eigenvalue weighted by molar-refractivity contribution is 5.97. The number of benzene rings is 2. The van der Waals surface area contributed by atoms with Crippen molar-refractivity contribution in [3.63, 3.8) is 0 Å². The Kier molecular flexibility index (Phi) is 3.47. The number of imidazole rings is 1. The summed E-state index contributed by atoms with van der Waals surface area (Å²) in [5, 5.41) is 0. The molecule has 3 aromatic rings. The Balaban J connectivity index is 1.82. The van der Waals surface area contributed by atoms with Gasteiger partial charge in [-0.15, -0.1) is 6.42 Å². The molecule has 0 saturated heterocycles. The molecule has 0 aliphatic carbocycles. The van der Waals surface area contributed by atoms with Gasteiger partial charge in [-0.3, -0.25) is 4.79 Å². The largest absolute Gasteiger partial charge is 0.434 e. The third-order valence-electron chi connectivity index (χ3n) is 5.57. The Hall–Kier alpha value is -3.40. The molecule has 0 radical (unpaired) electrons. The van der Waals surface area contributed by atoms with E-state index in [1.54, 1.807) is 24.1 Å². The van der Waals surface area contributed by atoms with Gasteiger partial charge in [0.1, 0.15) is 11.6 Å². The van der Waals surface area contributed by atoms with Crippen LogP contribution < -0.4 is 4.74 Å². The first-order valence-corrected chi connectivity index (χ1v) is 8.83. The lowest BCUT2D eigenvalue weighted by Gasteiger charge is -2.24. The minimum atomic E-state index is -2.98. The maximum Gasteiger partial charge on any atom is 0.387 e. The fraction of sp³-hybridized carbons (Fsp3) is 0.238. The zero-order chi connectivity index (χ0) is 19.6. The molecule has 2 aliphatic rings. The van der Waals surface area contributed by atoms with E-state index in [2.05, 4.69) is 5.92 Å². The van der Waals surface area contributed by atoms with Crippen molar-refractivity contribution in [3.8, 4) is 18.1 Å². The molecule has 2 aromatic carbocycles. The summed E-state index contributed by atoms with van der Waals surface area (Å²) in [6.45, 7) is -2.98. The molecule has 5 nitrogen and oxygen atoms in total. The van der Waals surface area contributed by atoms with E-state index in [4.69, 9.17) is 16.1 Å². The summed E-state index contributed by atoms with van der Waals surface area (Å²) < 4.78 is 32.9. The van der Waals surface area contributed by atoms with Gasteiger partial charge in [0.15, 0.2) is 0 Å². The molecule has 1 aromatic heterocycles. The molecule has 1 unspecified atom stereocenters. The first kappa shape index (κ1) is 16.8. The van der Waals surface area contributed by atoms with E-state index in [0.29, 0.717) is 23.1 Å². The summed E-state index contributed by atoms with van der Waals surface area (Å²) in [4.78, 5) is 19.3. The number of carbonyl (C=O) groups excluding carboxylic acids is 1. The van der Waals surface area contributed by atoms with Crippen LogP contribution in [-0.2, 0) is 0 Å². The molecular weight excluding hydrogens is 364 g/mol. The van der Waals surface area contributed by atoms with Gasteiger partial charge in [-0.2, -0.15) is 8.78 Å². The highest BCUT2D eigenvalue weighted by atomic mass is 19.3. The molecular formula is C21H15F2N3O2. The van der Waals surface area contributed by atoms with Crippen LogP contribution in [0.3, 0.4) is 0 Å². The molecule has 2 aliphatic heterocycles. The van der Waals surface area contributed by atoms with E-state index in [-0.39, 0.29) is 23.7 Å². The zero-order valence-corrected chi connectivity index (χ0v) is 14.9. The van der Waals surface area contributed by atoms with Gasteiger partial charge >= 0.3 is 6.61 Å². The predicted molar refractivity (Wildman–Crippen MR) is 98.3 cm³/mol. The lowest BCUT2D eigenvalue weighted by molar-refractivity contribution is -0.0507. The van der Waals surface area contributed by atoms with Gasteiger partial charge in [-0.05, 0) is 30.3 Å². The monoisotopic (exact) mass is 379 g/mol. The second-order valence-electron chi connectivity index (χ2n) is 6.97. The van der Waals surface area contributed by atoms with Crippen molar-refractivity contribution in [3.05, 3.63) is 58.9 Å². The molecule has 0 saturated carbocycles. The minimum Gasteiger partial charge on any atom is -0.434 e. The van der Waals surface area contributed by atoms with Crippen LogP contribution in [0.1, 0.15) is 45.8 Å². The number of hydrogen-bond acceptors (Lipinski definition) is 3. The normalized spacial score (nSPS) is 20.1. The second-order valence-corrected chi connectivity index (χ2v) is 6.97. The number of aromatic nitrogens is 2. The van der Waals surface area contributed by atoms with E-state index >= 15 is 0 Å². The van der Waals surface area contributed by atoms with Gasteiger partial charge in [0, 0.05) is 30.2 Å². The number of halogens is 2. The number of carbonyl (C=O) groups is 1. The average Bonchev–Trinajstić information content (AvgIpc) is 3.19. The van der Waals surface area contributed by atoms with Crippen LogP contribution in [0.5, 0.6) is 5.75 Å². The van der Waals surface area contributed by atoms with Crippen molar-refractivity contribution < 1.29 is 18.3 Å². The number of rotatable bonds is 2. The van der Waals surface area contributed by atoms with Crippen LogP contribution in [0.25, 0.3) is 11.0 Å². The number of fused-ring (bicyclic) bond motifs is 9. The average molecular weight is 379 g/mol. The van der Waals surface area contributed by atoms with Crippen LogP contribution >= 0.6 is 0 Å². The lowest BCUT2D eigenvalue weighted by atomic mass is 9.97. The third kappa shape index (κ3) is 2.18. The van der Waals surface area contributed by atoms with E-state index in [9.17, 15) is 13.6 Å². The number of terminal acetylenes is 1. The highest BCUT2D eigenvalue weighted by Crippen LogP contribution is 2.49. The van der Waals surface area contributed by atoms with Crippen molar-refractivity contribution >= 4 is 16.9 Å². The highest BCUT2D eigenvalue weighted by Gasteiger charge is 2.44. The minimum absolute atomic E-state index is 0.0164. The van der Waals surface area contributed by atoms with Crippen LogP contribution in [0.2, 0.25) is 0 Å². The molecule has 0 N–H and O–H groups in total. The van der Waals surface area contributed by atoms with E-state index < -0.39 is 6.61 Å². The Morgan fingerprint density at radius 3 is 2.86 bits per heavy atom. The summed E-state index contributed by atoms with van der Waals surface area (Å²) in [6, 6.07) is 9.59. The first-order valence-electron chi connectivity index (χ1n) is 8.83. The first-order chi connectivity index (χ1) is 13.5. The number of alkyl halides is 2. The smallest absolute Gasteiger partial charge is 0.387 e. The molecule has 1 amide bonds. The summed E-state index contributed by atoms with van der Waals surface area (Å²) >= 11 is 0. The van der Waals surface area contributed by atoms with Crippen LogP contribution in [0.15, 0.2) is 36.4 Å². The third-order valence-corrected chi connectivity index (χ3v) is 5.57. The fourth-order valence-corrected chi connectivity index (χ4v) is 4.37. The number of ether oxygens (including phenoxy) is 1. The molecule has 2 bridgehead atoms. The summed E-state index contributed by atoms with van der Waals surface area (Å²) in [7, 11) is 1.71. The Morgan fingerprint density at radius 2 is 2.11 bits per heavy atom. The standard InChI is InChI=1S/C21H15F2N3O2/c1-3-11-7-8-13-14(9-11)26-15-10-16(19(26)24-13)25(2)20(27)12-5-4-6-17(18(12)15)28-21(22)23/h1,4-9,15-16,21H,10H2,2H3/t15-,16?/m1/s1. The molecule has 140 valence electrons. The van der Waals surface area contributed by atoms with Crippen molar-refractivity contribution in [2.24, 2.45) is 0 Å². The zero-order valence-electron chi connectivity index (χ0n) is 14.9. The molecule has 3 heterocycles. The van der Waals surface area contributed by atoms with E-state index in [1.165, 1.54) is 6.07 Å². The van der Waals surface area contributed by atoms with Gasteiger partial charge in [0.25, 0.3) is 5.91 Å². The van der Waals surface area contributed by atoms with Crippen LogP contribution in [0, 0.1) is 12.3 Å². The number of hydrogen-bond donors (Lipinski definition) is 0. The second kappa shape index (κ2) is 5.80. The maximum atomic E-state index is 13.0. The summed E-state index contributed by atoms with van der Waals surface area (Å²) in [5.41, 5.74) is 3.11. The SMILES string of the molecule is C#Cc1ccc2nc3n(c2c1)[C@@H]1CC3N(C)C(=O)c2cccc(OC(F)F)c21. The Morgan fingerprint density at radius 1 is 1.29 bits per heavy atom. The van der Waals surface area contributed by atoms with Gasteiger partial charge in [0.2, 0.25) is 0 Å². The molecule has 0 fully saturated rings. The van der Waals surface area contributed by atoms with E-state index in [0.717, 1.165) is 16.9 Å².